The Labute approximate surface area is 178 Å². The molecule has 3 aromatic rings. The molecule has 1 aliphatic heterocycles. The number of fused-ring (bicyclic) bond motifs is 1. The van der Waals surface area contributed by atoms with Crippen molar-refractivity contribution >= 4 is 23.2 Å². The number of ether oxygens (including phenoxy) is 2. The first-order valence-corrected chi connectivity index (χ1v) is 9.99. The molecule has 1 aromatic heterocycles. The van der Waals surface area contributed by atoms with Gasteiger partial charge in [-0.25, -0.2) is 0 Å². The molecule has 4 rings (SSSR count). The van der Waals surface area contributed by atoms with Crippen molar-refractivity contribution in [2.75, 3.05) is 25.2 Å². The van der Waals surface area contributed by atoms with Crippen molar-refractivity contribution in [3.05, 3.63) is 53.4 Å². The number of benzene rings is 2. The summed E-state index contributed by atoms with van der Waals surface area (Å²) in [5.74, 6) is 1.93. The Morgan fingerprint density at radius 1 is 1.17 bits per heavy atom. The summed E-state index contributed by atoms with van der Waals surface area (Å²) in [7, 11) is 0. The molecule has 0 atom stereocenters. The van der Waals surface area contributed by atoms with E-state index < -0.39 is 0 Å². The molecule has 2 heterocycles. The average molecular weight is 429 g/mol. The second-order valence-electron chi connectivity index (χ2n) is 6.81. The minimum Gasteiger partial charge on any atom is -0.454 e. The first-order valence-electron chi connectivity index (χ1n) is 9.61. The van der Waals surface area contributed by atoms with E-state index in [1.165, 1.54) is 0 Å². The SMILES string of the molecule is CCCN(CC(=O)Nc1ccc2c(c1)OCO2)Cc1nnc(-c2ccccc2Cl)o1. The molecule has 0 fully saturated rings. The zero-order chi connectivity index (χ0) is 20.9. The second-order valence-corrected chi connectivity index (χ2v) is 7.21. The molecule has 0 unspecified atom stereocenters. The minimum absolute atomic E-state index is 0.145. The van der Waals surface area contributed by atoms with Crippen LogP contribution in [0, 0.1) is 0 Å². The monoisotopic (exact) mass is 428 g/mol. The summed E-state index contributed by atoms with van der Waals surface area (Å²) >= 11 is 6.20. The van der Waals surface area contributed by atoms with Gasteiger partial charge in [-0.1, -0.05) is 30.7 Å². The summed E-state index contributed by atoms with van der Waals surface area (Å²) in [6.45, 7) is 3.49. The first kappa shape index (κ1) is 20.2. The molecule has 1 N–H and O–H groups in total. The molecule has 0 radical (unpaired) electrons. The minimum atomic E-state index is -0.145. The molecule has 0 saturated heterocycles. The number of anilines is 1. The van der Waals surface area contributed by atoms with Gasteiger partial charge in [0.25, 0.3) is 0 Å². The molecule has 30 heavy (non-hydrogen) atoms. The molecular weight excluding hydrogens is 408 g/mol. The molecule has 0 aliphatic carbocycles. The van der Waals surface area contributed by atoms with Gasteiger partial charge in [-0.2, -0.15) is 0 Å². The van der Waals surface area contributed by atoms with Crippen molar-refractivity contribution in [2.45, 2.75) is 19.9 Å². The van der Waals surface area contributed by atoms with Gasteiger partial charge >= 0.3 is 0 Å². The van der Waals surface area contributed by atoms with Crippen molar-refractivity contribution in [1.82, 2.24) is 15.1 Å². The lowest BCUT2D eigenvalue weighted by molar-refractivity contribution is -0.117. The molecule has 8 nitrogen and oxygen atoms in total. The van der Waals surface area contributed by atoms with Crippen LogP contribution in [0.15, 0.2) is 46.9 Å². The lowest BCUT2D eigenvalue weighted by Crippen LogP contribution is -2.33. The average Bonchev–Trinajstić information content (AvgIpc) is 3.37. The maximum Gasteiger partial charge on any atom is 0.249 e. The van der Waals surface area contributed by atoms with E-state index in [9.17, 15) is 4.79 Å². The van der Waals surface area contributed by atoms with E-state index in [4.69, 9.17) is 25.5 Å². The van der Waals surface area contributed by atoms with Gasteiger partial charge in [-0.05, 0) is 37.2 Å². The number of rotatable bonds is 8. The van der Waals surface area contributed by atoms with Crippen LogP contribution in [0.2, 0.25) is 5.02 Å². The van der Waals surface area contributed by atoms with E-state index in [0.29, 0.717) is 52.6 Å². The summed E-state index contributed by atoms with van der Waals surface area (Å²) in [6, 6.07) is 12.6. The molecular formula is C21H21ClN4O4. The van der Waals surface area contributed by atoms with Crippen molar-refractivity contribution in [2.24, 2.45) is 0 Å². The van der Waals surface area contributed by atoms with Crippen LogP contribution in [0.3, 0.4) is 0 Å². The van der Waals surface area contributed by atoms with E-state index >= 15 is 0 Å². The first-order chi connectivity index (χ1) is 14.6. The Morgan fingerprint density at radius 3 is 2.83 bits per heavy atom. The smallest absolute Gasteiger partial charge is 0.249 e. The lowest BCUT2D eigenvalue weighted by atomic mass is 10.2. The normalized spacial score (nSPS) is 12.4. The maximum atomic E-state index is 12.6. The van der Waals surface area contributed by atoms with Crippen LogP contribution >= 0.6 is 11.6 Å². The number of nitrogens with zero attached hydrogens (tertiary/aromatic N) is 3. The van der Waals surface area contributed by atoms with Crippen molar-refractivity contribution in [1.29, 1.82) is 0 Å². The van der Waals surface area contributed by atoms with Gasteiger partial charge in [-0.3, -0.25) is 9.69 Å². The van der Waals surface area contributed by atoms with Crippen LogP contribution in [0.4, 0.5) is 5.69 Å². The van der Waals surface area contributed by atoms with E-state index in [1.807, 2.05) is 30.0 Å². The molecule has 1 amide bonds. The predicted octanol–water partition coefficient (Wildman–Crippen LogP) is 3.97. The number of nitrogens with one attached hydrogen (secondary N) is 1. The summed E-state index contributed by atoms with van der Waals surface area (Å²) < 4.78 is 16.4. The molecule has 2 aromatic carbocycles. The van der Waals surface area contributed by atoms with Crippen LogP contribution < -0.4 is 14.8 Å². The molecule has 0 bridgehead atoms. The summed E-state index contributed by atoms with van der Waals surface area (Å²) in [4.78, 5) is 14.5. The highest BCUT2D eigenvalue weighted by atomic mass is 35.5. The third-order valence-electron chi connectivity index (χ3n) is 4.49. The van der Waals surface area contributed by atoms with E-state index in [-0.39, 0.29) is 19.2 Å². The van der Waals surface area contributed by atoms with Gasteiger partial charge in [0, 0.05) is 11.8 Å². The number of carbonyl (C=O) groups excluding carboxylic acids is 1. The summed E-state index contributed by atoms with van der Waals surface area (Å²) in [6.07, 6.45) is 0.878. The van der Waals surface area contributed by atoms with E-state index in [1.54, 1.807) is 24.3 Å². The van der Waals surface area contributed by atoms with Gasteiger partial charge in [0.05, 0.1) is 23.7 Å². The Hall–Kier alpha value is -3.10. The third-order valence-corrected chi connectivity index (χ3v) is 4.82. The van der Waals surface area contributed by atoms with Gasteiger partial charge in [-0.15, -0.1) is 10.2 Å². The Balaban J connectivity index is 1.39. The van der Waals surface area contributed by atoms with Gasteiger partial charge in [0.1, 0.15) is 0 Å². The van der Waals surface area contributed by atoms with Crippen LogP contribution in [0.5, 0.6) is 11.5 Å². The van der Waals surface area contributed by atoms with E-state index in [2.05, 4.69) is 15.5 Å². The molecule has 9 heteroatoms. The number of amides is 1. The second kappa shape index (κ2) is 9.15. The van der Waals surface area contributed by atoms with E-state index in [0.717, 1.165) is 6.42 Å². The highest BCUT2D eigenvalue weighted by Crippen LogP contribution is 2.34. The maximum absolute atomic E-state index is 12.6. The molecule has 0 saturated carbocycles. The fourth-order valence-corrected chi connectivity index (χ4v) is 3.38. The van der Waals surface area contributed by atoms with Gasteiger partial charge < -0.3 is 19.2 Å². The molecule has 1 aliphatic rings. The zero-order valence-corrected chi connectivity index (χ0v) is 17.2. The number of carbonyl (C=O) groups is 1. The van der Waals surface area contributed by atoms with Crippen molar-refractivity contribution in [3.63, 3.8) is 0 Å². The van der Waals surface area contributed by atoms with Crippen LogP contribution in [-0.2, 0) is 11.3 Å². The number of aromatic nitrogens is 2. The fraction of sp³-hybridized carbons (Fsp3) is 0.286. The number of hydrogen-bond acceptors (Lipinski definition) is 7. The fourth-order valence-electron chi connectivity index (χ4n) is 3.16. The zero-order valence-electron chi connectivity index (χ0n) is 16.4. The molecule has 156 valence electrons. The van der Waals surface area contributed by atoms with Crippen LogP contribution in [0.1, 0.15) is 19.2 Å². The van der Waals surface area contributed by atoms with Gasteiger partial charge in [0.15, 0.2) is 11.5 Å². The predicted molar refractivity (Wildman–Crippen MR) is 112 cm³/mol. The quantitative estimate of drug-likeness (QED) is 0.580. The summed E-state index contributed by atoms with van der Waals surface area (Å²) in [5.41, 5.74) is 1.33. The highest BCUT2D eigenvalue weighted by Gasteiger charge is 2.18. The lowest BCUT2D eigenvalue weighted by Gasteiger charge is -2.19. The highest BCUT2D eigenvalue weighted by molar-refractivity contribution is 6.33. The third kappa shape index (κ3) is 4.72. The number of hydrogen-bond donors (Lipinski definition) is 1. The van der Waals surface area contributed by atoms with Gasteiger partial charge in [0.2, 0.25) is 24.5 Å². The van der Waals surface area contributed by atoms with Crippen molar-refractivity contribution in [3.8, 4) is 23.0 Å². The van der Waals surface area contributed by atoms with Crippen molar-refractivity contribution < 1.29 is 18.7 Å². The number of halogens is 1. The summed E-state index contributed by atoms with van der Waals surface area (Å²) in [5, 5.41) is 11.6. The largest absolute Gasteiger partial charge is 0.454 e. The Kier molecular flexibility index (Phi) is 6.15. The standard InChI is InChI=1S/C21H21ClN4O4/c1-2-9-26(11-19(27)23-14-7-8-17-18(10-14)29-13-28-17)12-20-24-25-21(30-20)15-5-3-4-6-16(15)22/h3-8,10H,2,9,11-13H2,1H3,(H,23,27). The Morgan fingerprint density at radius 2 is 2.00 bits per heavy atom. The Bertz CT molecular complexity index is 1040. The van der Waals surface area contributed by atoms with Crippen LogP contribution in [0.25, 0.3) is 11.5 Å². The van der Waals surface area contributed by atoms with Crippen LogP contribution in [-0.4, -0.2) is 40.9 Å². The topological polar surface area (TPSA) is 89.7 Å². The molecule has 0 spiro atoms.